The fraction of sp³-hybridized carbons (Fsp3) is 0.618. The van der Waals surface area contributed by atoms with Crippen molar-refractivity contribution in [2.24, 2.45) is 11.0 Å². The number of hydrogen-bond donors (Lipinski definition) is 0. The molecule has 0 spiro atoms. The number of likely N-dealkylation sites (N-methyl/N-ethyl adjacent to an activating group) is 1. The van der Waals surface area contributed by atoms with Crippen molar-refractivity contribution in [3.8, 4) is 0 Å². The summed E-state index contributed by atoms with van der Waals surface area (Å²) in [5, 5.41) is 6.09. The second-order valence-corrected chi connectivity index (χ2v) is 13.0. The monoisotopic (exact) mass is 676 g/mol. The van der Waals surface area contributed by atoms with Crippen LogP contribution in [0, 0.1) is 11.7 Å². The lowest BCUT2D eigenvalue weighted by Crippen LogP contribution is -2.57. The minimum atomic E-state index is -4.71. The Bertz CT molecular complexity index is 1440. The van der Waals surface area contributed by atoms with Crippen LogP contribution in [0.3, 0.4) is 0 Å². The van der Waals surface area contributed by atoms with E-state index in [1.54, 1.807) is 12.4 Å². The highest BCUT2D eigenvalue weighted by Crippen LogP contribution is 2.36. The Morgan fingerprint density at radius 2 is 1.65 bits per heavy atom. The number of likely N-dealkylation sites (tertiary alicyclic amines) is 1. The van der Waals surface area contributed by atoms with Crippen molar-refractivity contribution in [2.75, 3.05) is 25.6 Å². The van der Waals surface area contributed by atoms with Crippen molar-refractivity contribution < 1.29 is 36.6 Å². The summed E-state index contributed by atoms with van der Waals surface area (Å²) in [5.74, 6) is -1.08. The highest BCUT2D eigenvalue weighted by Gasteiger charge is 2.42. The first-order chi connectivity index (χ1) is 22.9. The van der Waals surface area contributed by atoms with E-state index in [-0.39, 0.29) is 54.1 Å². The highest BCUT2D eigenvalue weighted by atomic mass is 19.4. The quantitative estimate of drug-likeness (QED) is 0.218. The number of amides is 1. The predicted octanol–water partition coefficient (Wildman–Crippen LogP) is 6.55. The van der Waals surface area contributed by atoms with Crippen LogP contribution in [0.15, 0.2) is 35.7 Å². The predicted molar refractivity (Wildman–Crippen MR) is 171 cm³/mol. The van der Waals surface area contributed by atoms with E-state index < -0.39 is 23.7 Å². The number of halogens is 4. The normalized spacial score (nSPS) is 26.0. The van der Waals surface area contributed by atoms with E-state index in [0.29, 0.717) is 69.9 Å². The molecule has 262 valence electrons. The zero-order valence-electron chi connectivity index (χ0n) is 27.8. The maximum Gasteiger partial charge on any atom is 0.416 e. The van der Waals surface area contributed by atoms with Gasteiger partial charge in [0.1, 0.15) is 11.9 Å². The molecule has 2 fully saturated rings. The molecule has 1 aromatic heterocycles. The average molecular weight is 677 g/mol. The Hall–Kier alpha value is -3.97. The fourth-order valence-corrected chi connectivity index (χ4v) is 7.22. The number of benzene rings is 1. The van der Waals surface area contributed by atoms with E-state index in [9.17, 15) is 27.2 Å². The first-order valence-corrected chi connectivity index (χ1v) is 16.7. The number of aromatic nitrogens is 2. The van der Waals surface area contributed by atoms with Gasteiger partial charge in [-0.05, 0) is 80.7 Å². The molecule has 3 heterocycles. The SMILES string of the molecule is CC[C@@H]1CC(N(Cc2cc(F)cc(C(F)(F)F)c2)c2ncc(C3C=NN(C)C3)cn2)C[C@H](CC)N1C(=O)OC1CCC(C(=O)OC)CC1. The van der Waals surface area contributed by atoms with Crippen LogP contribution in [0.25, 0.3) is 0 Å². The molecule has 4 atom stereocenters. The van der Waals surface area contributed by atoms with Gasteiger partial charge in [0.25, 0.3) is 0 Å². The minimum Gasteiger partial charge on any atom is -0.469 e. The zero-order valence-corrected chi connectivity index (χ0v) is 27.8. The van der Waals surface area contributed by atoms with E-state index >= 15 is 0 Å². The second kappa shape index (κ2) is 15.1. The molecule has 0 N–H and O–H groups in total. The van der Waals surface area contributed by atoms with Crippen LogP contribution >= 0.6 is 0 Å². The summed E-state index contributed by atoms with van der Waals surface area (Å²) < 4.78 is 66.3. The van der Waals surface area contributed by atoms with Gasteiger partial charge < -0.3 is 19.3 Å². The molecule has 5 rings (SSSR count). The number of anilines is 1. The van der Waals surface area contributed by atoms with Crippen molar-refractivity contribution >= 4 is 24.2 Å². The van der Waals surface area contributed by atoms with Crippen LogP contribution in [-0.4, -0.2) is 83.1 Å². The molecular weight excluding hydrogens is 632 g/mol. The van der Waals surface area contributed by atoms with Crippen molar-refractivity contribution in [1.29, 1.82) is 0 Å². The highest BCUT2D eigenvalue weighted by molar-refractivity contribution is 5.72. The standard InChI is InChI=1S/C34H44F4N6O4/c1-5-27-14-29(15-28(6-2)44(27)33(46)48-30-9-7-22(8-10-30)31(45)47-4)43(19-21-11-25(34(36,37)38)13-26(35)12-21)32-39-16-23(17-40-32)24-18-41-42(3)20-24/h11-13,16-18,22,24,27-30H,5-10,14-15,19-20H2,1-4H3/t22?,24?,27-,28+,29?,30?. The lowest BCUT2D eigenvalue weighted by Gasteiger charge is -2.47. The third-order valence-corrected chi connectivity index (χ3v) is 9.83. The van der Waals surface area contributed by atoms with Crippen molar-refractivity contribution in [1.82, 2.24) is 19.9 Å². The Kier molecular flexibility index (Phi) is 11.1. The molecule has 1 amide bonds. The van der Waals surface area contributed by atoms with Gasteiger partial charge >= 0.3 is 18.2 Å². The molecule has 0 radical (unpaired) electrons. The summed E-state index contributed by atoms with van der Waals surface area (Å²) in [6.07, 6.45) is 4.38. The summed E-state index contributed by atoms with van der Waals surface area (Å²) in [5.41, 5.74) is -0.0626. The van der Waals surface area contributed by atoms with Gasteiger partial charge in [-0.3, -0.25) is 9.80 Å². The third-order valence-electron chi connectivity index (χ3n) is 9.83. The molecule has 2 aliphatic heterocycles. The average Bonchev–Trinajstić information content (AvgIpc) is 3.52. The molecule has 1 saturated carbocycles. The smallest absolute Gasteiger partial charge is 0.416 e. The van der Waals surface area contributed by atoms with Crippen LogP contribution in [-0.2, 0) is 27.0 Å². The van der Waals surface area contributed by atoms with Crippen LogP contribution in [0.2, 0.25) is 0 Å². The topological polar surface area (TPSA) is 100 Å². The Balaban J connectivity index is 1.38. The van der Waals surface area contributed by atoms with Gasteiger partial charge in [-0.25, -0.2) is 19.2 Å². The molecule has 1 aromatic carbocycles. The van der Waals surface area contributed by atoms with E-state index in [2.05, 4.69) is 15.1 Å². The molecule has 10 nitrogen and oxygen atoms in total. The van der Waals surface area contributed by atoms with Gasteiger partial charge in [-0.15, -0.1) is 0 Å². The van der Waals surface area contributed by atoms with E-state index in [0.717, 1.165) is 17.7 Å². The Morgan fingerprint density at radius 1 is 1.00 bits per heavy atom. The number of hydrazone groups is 1. The fourth-order valence-electron chi connectivity index (χ4n) is 7.22. The molecule has 48 heavy (non-hydrogen) atoms. The van der Waals surface area contributed by atoms with Crippen molar-refractivity contribution in [2.45, 2.75) is 108 Å². The van der Waals surface area contributed by atoms with Gasteiger partial charge in [0.15, 0.2) is 0 Å². The minimum absolute atomic E-state index is 0.00812. The lowest BCUT2D eigenvalue weighted by atomic mass is 9.87. The van der Waals surface area contributed by atoms with Gasteiger partial charge in [0.05, 0.1) is 18.6 Å². The number of carbonyl (C=O) groups excluding carboxylic acids is 2. The molecular formula is C34H44F4N6O4. The van der Waals surface area contributed by atoms with Gasteiger partial charge in [-0.1, -0.05) is 13.8 Å². The molecule has 2 unspecified atom stereocenters. The summed E-state index contributed by atoms with van der Waals surface area (Å²) in [4.78, 5) is 38.6. The third kappa shape index (κ3) is 8.18. The maximum atomic E-state index is 14.5. The van der Waals surface area contributed by atoms with Gasteiger partial charge in [0, 0.05) is 62.8 Å². The van der Waals surface area contributed by atoms with Crippen molar-refractivity contribution in [3.05, 3.63) is 53.1 Å². The summed E-state index contributed by atoms with van der Waals surface area (Å²) >= 11 is 0. The van der Waals surface area contributed by atoms with Gasteiger partial charge in [0.2, 0.25) is 5.95 Å². The molecule has 3 aliphatic rings. The first-order valence-electron chi connectivity index (χ1n) is 16.7. The molecule has 14 heteroatoms. The van der Waals surface area contributed by atoms with Gasteiger partial charge in [-0.2, -0.15) is 18.3 Å². The number of hydrogen-bond acceptors (Lipinski definition) is 9. The molecule has 1 saturated heterocycles. The largest absolute Gasteiger partial charge is 0.469 e. The second-order valence-electron chi connectivity index (χ2n) is 13.0. The van der Waals surface area contributed by atoms with Crippen LogP contribution in [0.1, 0.15) is 87.8 Å². The Morgan fingerprint density at radius 3 is 2.19 bits per heavy atom. The van der Waals surface area contributed by atoms with E-state index in [1.165, 1.54) is 7.11 Å². The lowest BCUT2D eigenvalue weighted by molar-refractivity contribution is -0.147. The van der Waals surface area contributed by atoms with E-state index in [4.69, 9.17) is 9.47 Å². The van der Waals surface area contributed by atoms with Crippen molar-refractivity contribution in [3.63, 3.8) is 0 Å². The summed E-state index contributed by atoms with van der Waals surface area (Å²) in [6, 6.07) is 1.85. The number of nitrogens with zero attached hydrogens (tertiary/aromatic N) is 6. The molecule has 2 aromatic rings. The number of rotatable bonds is 9. The van der Waals surface area contributed by atoms with Crippen LogP contribution in [0.5, 0.6) is 0 Å². The van der Waals surface area contributed by atoms with Crippen LogP contribution < -0.4 is 4.90 Å². The molecule has 1 aliphatic carbocycles. The number of piperidine rings is 1. The zero-order chi connectivity index (χ0) is 34.6. The summed E-state index contributed by atoms with van der Waals surface area (Å²) in [6.45, 7) is 4.59. The first kappa shape index (κ1) is 35.3. The number of carbonyl (C=O) groups is 2. The number of alkyl halides is 3. The number of ether oxygens (including phenoxy) is 2. The summed E-state index contributed by atoms with van der Waals surface area (Å²) in [7, 11) is 3.24. The molecule has 0 bridgehead atoms. The Labute approximate surface area is 278 Å². The number of esters is 1. The van der Waals surface area contributed by atoms with E-state index in [1.807, 2.05) is 41.9 Å². The number of methoxy groups -OCH3 is 1. The van der Waals surface area contributed by atoms with Crippen LogP contribution in [0.4, 0.5) is 28.3 Å². The maximum absolute atomic E-state index is 14.5.